The van der Waals surface area contributed by atoms with Crippen LogP contribution >= 0.6 is 0 Å². The number of rotatable bonds is 13. The predicted octanol–water partition coefficient (Wildman–Crippen LogP) is 2.95. The van der Waals surface area contributed by atoms with E-state index in [1.807, 2.05) is 0 Å². The van der Waals surface area contributed by atoms with Crippen LogP contribution in [-0.4, -0.2) is 43.8 Å². The van der Waals surface area contributed by atoms with E-state index in [2.05, 4.69) is 26.1 Å². The Hall–Kier alpha value is -0.301. The van der Waals surface area contributed by atoms with Crippen LogP contribution in [-0.2, 0) is 12.7 Å². The number of hydrogen-bond acceptors (Lipinski definition) is 4. The Bertz CT molecular complexity index is 303. The van der Waals surface area contributed by atoms with E-state index in [0.29, 0.717) is 0 Å². The van der Waals surface area contributed by atoms with E-state index in [0.717, 1.165) is 51.8 Å². The van der Waals surface area contributed by atoms with Gasteiger partial charge in [0.1, 0.15) is 0 Å². The van der Waals surface area contributed by atoms with E-state index in [9.17, 15) is 9.59 Å². The second kappa shape index (κ2) is 13.2. The molecular formula is C16H34N2O3Sn. The van der Waals surface area contributed by atoms with Crippen molar-refractivity contribution in [1.82, 2.24) is 5.32 Å². The van der Waals surface area contributed by atoms with Crippen LogP contribution in [0.2, 0.25) is 13.3 Å². The number of hydrogen-bond donors (Lipinski definition) is 2. The third-order valence-electron chi connectivity index (χ3n) is 3.90. The van der Waals surface area contributed by atoms with Crippen LogP contribution in [0.1, 0.15) is 59.3 Å². The molecular weight excluding hydrogens is 387 g/mol. The first-order chi connectivity index (χ1) is 10.5. The average Bonchev–Trinajstić information content (AvgIpc) is 2.53. The molecule has 0 atom stereocenters. The van der Waals surface area contributed by atoms with Crippen LogP contribution in [0, 0.1) is 0 Å². The topological polar surface area (TPSA) is 81.4 Å². The van der Waals surface area contributed by atoms with Gasteiger partial charge in [-0.1, -0.05) is 0 Å². The molecule has 0 aromatic rings. The van der Waals surface area contributed by atoms with E-state index in [-0.39, 0.29) is 25.0 Å². The maximum atomic E-state index is 12.1. The molecule has 0 aliphatic carbocycles. The zero-order valence-electron chi connectivity index (χ0n) is 14.6. The molecule has 0 fully saturated rings. The van der Waals surface area contributed by atoms with Crippen molar-refractivity contribution in [2.75, 3.05) is 13.1 Å². The summed E-state index contributed by atoms with van der Waals surface area (Å²) in [6.07, 6.45) is 6.85. The van der Waals surface area contributed by atoms with Crippen molar-refractivity contribution in [3.8, 4) is 0 Å². The molecule has 0 aliphatic rings. The summed E-state index contributed by atoms with van der Waals surface area (Å²) in [5.41, 5.74) is 5.23. The first-order valence-electron chi connectivity index (χ1n) is 8.72. The van der Waals surface area contributed by atoms with Gasteiger partial charge >= 0.3 is 140 Å². The van der Waals surface area contributed by atoms with Gasteiger partial charge in [0, 0.05) is 0 Å². The Kier molecular flexibility index (Phi) is 13.0. The zero-order chi connectivity index (χ0) is 16.8. The predicted molar refractivity (Wildman–Crippen MR) is 93.1 cm³/mol. The number of nitrogens with one attached hydrogen (secondary N) is 1. The molecule has 3 N–H and O–H groups in total. The Morgan fingerprint density at radius 3 is 1.77 bits per heavy atom. The van der Waals surface area contributed by atoms with Crippen LogP contribution in [0.15, 0.2) is 0 Å². The van der Waals surface area contributed by atoms with Gasteiger partial charge in [0.05, 0.1) is 0 Å². The van der Waals surface area contributed by atoms with Gasteiger partial charge in [-0.3, -0.25) is 0 Å². The standard InChI is InChI=1S/C4H8N2O3.3C4H9.Sn/c5-1-3(7)6-2-4(8)9;3*1-3-4-2;/h1-2,5H2,(H,6,7)(H,8,9);3*1,3-4H2,2H3;/q;;;;+1/p-1. The van der Waals surface area contributed by atoms with Crippen molar-refractivity contribution in [2.45, 2.75) is 72.6 Å². The summed E-state index contributed by atoms with van der Waals surface area (Å²) in [6.45, 7) is 6.40. The first-order valence-corrected chi connectivity index (χ1v) is 15.9. The summed E-state index contributed by atoms with van der Waals surface area (Å²) in [5.74, 6) is -0.575. The first kappa shape index (κ1) is 21.7. The monoisotopic (exact) mass is 422 g/mol. The third kappa shape index (κ3) is 9.66. The SMILES string of the molecule is CCC[CH2][Sn]([CH2]CCC)([CH2]CCC)[O]C(=O)CNC(=O)CN. The van der Waals surface area contributed by atoms with Crippen molar-refractivity contribution >= 4 is 30.7 Å². The molecule has 0 heterocycles. The number of amides is 1. The van der Waals surface area contributed by atoms with Gasteiger partial charge in [-0.2, -0.15) is 0 Å². The molecule has 22 heavy (non-hydrogen) atoms. The van der Waals surface area contributed by atoms with Crippen molar-refractivity contribution < 1.29 is 12.7 Å². The van der Waals surface area contributed by atoms with Crippen molar-refractivity contribution in [3.05, 3.63) is 0 Å². The molecule has 0 bridgehead atoms. The van der Waals surface area contributed by atoms with E-state index in [1.54, 1.807) is 0 Å². The van der Waals surface area contributed by atoms with Gasteiger partial charge in [0.25, 0.3) is 0 Å². The summed E-state index contributed by atoms with van der Waals surface area (Å²) in [6, 6.07) is 0. The van der Waals surface area contributed by atoms with Crippen molar-refractivity contribution in [1.29, 1.82) is 0 Å². The summed E-state index contributed by atoms with van der Waals surface area (Å²) < 4.78 is 9.39. The zero-order valence-corrected chi connectivity index (χ0v) is 17.4. The number of nitrogens with two attached hydrogens (primary N) is 1. The minimum atomic E-state index is -2.89. The average molecular weight is 421 g/mol. The summed E-state index contributed by atoms with van der Waals surface area (Å²) in [5, 5.41) is 2.52. The molecule has 0 aliphatic heterocycles. The van der Waals surface area contributed by atoms with Crippen LogP contribution in [0.3, 0.4) is 0 Å². The van der Waals surface area contributed by atoms with Crippen molar-refractivity contribution in [2.24, 2.45) is 5.73 Å². The third-order valence-corrected chi connectivity index (χ3v) is 16.6. The van der Waals surface area contributed by atoms with Gasteiger partial charge in [-0.25, -0.2) is 0 Å². The van der Waals surface area contributed by atoms with Gasteiger partial charge in [-0.05, 0) is 0 Å². The molecule has 0 saturated heterocycles. The molecule has 1 amide bonds. The van der Waals surface area contributed by atoms with Gasteiger partial charge in [-0.15, -0.1) is 0 Å². The normalized spacial score (nSPS) is 11.3. The van der Waals surface area contributed by atoms with Gasteiger partial charge < -0.3 is 0 Å². The molecule has 0 unspecified atom stereocenters. The minimum absolute atomic E-state index is 0.0426. The molecule has 0 radical (unpaired) electrons. The Morgan fingerprint density at radius 2 is 1.41 bits per heavy atom. The molecule has 0 spiro atoms. The maximum absolute atomic E-state index is 12.1. The molecule has 6 heteroatoms. The fraction of sp³-hybridized carbons (Fsp3) is 0.875. The quantitative estimate of drug-likeness (QED) is 0.449. The summed E-state index contributed by atoms with van der Waals surface area (Å²) >= 11 is -2.89. The van der Waals surface area contributed by atoms with E-state index >= 15 is 0 Å². The molecule has 5 nitrogen and oxygen atoms in total. The fourth-order valence-electron chi connectivity index (χ4n) is 2.55. The Labute approximate surface area is 140 Å². The van der Waals surface area contributed by atoms with Crippen LogP contribution in [0.5, 0.6) is 0 Å². The molecule has 0 aromatic carbocycles. The molecule has 0 saturated carbocycles. The number of carbonyl (C=O) groups excluding carboxylic acids is 2. The van der Waals surface area contributed by atoms with E-state index < -0.39 is 18.8 Å². The number of carbonyl (C=O) groups is 2. The van der Waals surface area contributed by atoms with E-state index in [1.165, 1.54) is 0 Å². The molecule has 0 rings (SSSR count). The summed E-state index contributed by atoms with van der Waals surface area (Å²) in [7, 11) is 0. The molecule has 130 valence electrons. The summed E-state index contributed by atoms with van der Waals surface area (Å²) in [4.78, 5) is 23.3. The van der Waals surface area contributed by atoms with Gasteiger partial charge in [0.2, 0.25) is 0 Å². The van der Waals surface area contributed by atoms with E-state index in [4.69, 9.17) is 8.81 Å². The second-order valence-corrected chi connectivity index (χ2v) is 17.6. The van der Waals surface area contributed by atoms with Crippen LogP contribution < -0.4 is 11.1 Å². The molecule has 0 aromatic heterocycles. The van der Waals surface area contributed by atoms with Crippen molar-refractivity contribution in [3.63, 3.8) is 0 Å². The fourth-order valence-corrected chi connectivity index (χ4v) is 15.7. The Morgan fingerprint density at radius 1 is 0.955 bits per heavy atom. The Balaban J connectivity index is 4.75. The second-order valence-electron chi connectivity index (χ2n) is 5.95. The number of unbranched alkanes of at least 4 members (excludes halogenated alkanes) is 3. The van der Waals surface area contributed by atoms with Crippen LogP contribution in [0.4, 0.5) is 0 Å². The van der Waals surface area contributed by atoms with Crippen LogP contribution in [0.25, 0.3) is 0 Å². The van der Waals surface area contributed by atoms with Gasteiger partial charge in [0.15, 0.2) is 0 Å².